The molecule has 0 amide bonds. The van der Waals surface area contributed by atoms with Crippen LogP contribution >= 0.6 is 0 Å². The standard InChI is InChI=1S/C29H38FNO4/c1-33-29(34-2)20-9-13-31(14-10-20)27-8-4-22(18-26(27)30)28-24(19-11-15-35-16-12-19)6-3-21-17-23(32)5-7-25(21)28/h4-5,7-8,17-20,24,28-29,32H,3,6,9-16H2,1-2H3/t24-,28+/m0/s1. The first-order valence-electron chi connectivity index (χ1n) is 13.1. The molecule has 5 rings (SSSR count). The van der Waals surface area contributed by atoms with Crippen LogP contribution in [-0.2, 0) is 20.6 Å². The van der Waals surface area contributed by atoms with Gasteiger partial charge in [0.25, 0.3) is 0 Å². The van der Waals surface area contributed by atoms with Crippen LogP contribution in [0.2, 0.25) is 0 Å². The van der Waals surface area contributed by atoms with Gasteiger partial charge in [-0.05, 0) is 91.3 Å². The number of anilines is 1. The Morgan fingerprint density at radius 3 is 2.40 bits per heavy atom. The van der Waals surface area contributed by atoms with Crippen LogP contribution in [0.1, 0.15) is 54.7 Å². The average Bonchev–Trinajstić information content (AvgIpc) is 2.89. The molecule has 3 aliphatic rings. The number of fused-ring (bicyclic) bond motifs is 1. The summed E-state index contributed by atoms with van der Waals surface area (Å²) in [5, 5.41) is 10.1. The van der Waals surface area contributed by atoms with Crippen LogP contribution in [0.15, 0.2) is 36.4 Å². The highest BCUT2D eigenvalue weighted by Crippen LogP contribution is 2.47. The minimum atomic E-state index is -0.197. The topological polar surface area (TPSA) is 51.2 Å². The van der Waals surface area contributed by atoms with E-state index in [1.807, 2.05) is 12.1 Å². The van der Waals surface area contributed by atoms with Crippen LogP contribution in [0.3, 0.4) is 0 Å². The van der Waals surface area contributed by atoms with E-state index in [-0.39, 0.29) is 18.0 Å². The highest BCUT2D eigenvalue weighted by Gasteiger charge is 2.37. The van der Waals surface area contributed by atoms with Gasteiger partial charge in [-0.1, -0.05) is 12.1 Å². The molecule has 1 aliphatic carbocycles. The fourth-order valence-corrected chi connectivity index (χ4v) is 6.78. The molecule has 2 saturated heterocycles. The molecule has 0 spiro atoms. The first-order chi connectivity index (χ1) is 17.1. The van der Waals surface area contributed by atoms with Gasteiger partial charge in [0, 0.05) is 52.4 Å². The van der Waals surface area contributed by atoms with E-state index in [9.17, 15) is 5.11 Å². The summed E-state index contributed by atoms with van der Waals surface area (Å²) in [7, 11) is 3.36. The molecule has 0 unspecified atom stereocenters. The summed E-state index contributed by atoms with van der Waals surface area (Å²) in [6.45, 7) is 3.21. The van der Waals surface area contributed by atoms with Crippen molar-refractivity contribution >= 4 is 5.69 Å². The summed E-state index contributed by atoms with van der Waals surface area (Å²) in [4.78, 5) is 2.15. The lowest BCUT2D eigenvalue weighted by Crippen LogP contribution is -2.39. The van der Waals surface area contributed by atoms with Crippen molar-refractivity contribution in [1.82, 2.24) is 0 Å². The number of ether oxygens (including phenoxy) is 3. The number of rotatable bonds is 6. The Morgan fingerprint density at radius 1 is 0.971 bits per heavy atom. The van der Waals surface area contributed by atoms with Crippen molar-refractivity contribution < 1.29 is 23.7 Å². The second-order valence-electron chi connectivity index (χ2n) is 10.4. The Kier molecular flexibility index (Phi) is 7.61. The molecule has 5 nitrogen and oxygen atoms in total. The van der Waals surface area contributed by atoms with Gasteiger partial charge in [0.05, 0.1) is 5.69 Å². The van der Waals surface area contributed by atoms with Gasteiger partial charge in [-0.25, -0.2) is 4.39 Å². The number of hydrogen-bond donors (Lipinski definition) is 1. The molecule has 2 heterocycles. The maximum absolute atomic E-state index is 15.6. The average molecular weight is 484 g/mol. The van der Waals surface area contributed by atoms with Crippen molar-refractivity contribution in [3.05, 3.63) is 58.9 Å². The zero-order valence-electron chi connectivity index (χ0n) is 20.9. The fraction of sp³-hybridized carbons (Fsp3) is 0.586. The van der Waals surface area contributed by atoms with Crippen LogP contribution in [0, 0.1) is 23.6 Å². The SMILES string of the molecule is COC(OC)C1CCN(c2ccc([C@H]3c4ccc(O)cc4CC[C@H]3C3CCOCC3)cc2F)CC1. The van der Waals surface area contributed by atoms with Gasteiger partial charge in [0.15, 0.2) is 6.29 Å². The predicted octanol–water partition coefficient (Wildman–Crippen LogP) is 5.49. The molecule has 2 atom stereocenters. The molecular formula is C29H38FNO4. The third-order valence-electron chi connectivity index (χ3n) is 8.57. The summed E-state index contributed by atoms with van der Waals surface area (Å²) in [5.41, 5.74) is 4.16. The summed E-state index contributed by atoms with van der Waals surface area (Å²) >= 11 is 0. The van der Waals surface area contributed by atoms with Gasteiger partial charge in [-0.15, -0.1) is 0 Å². The number of halogens is 1. The number of phenolic OH excluding ortho intramolecular Hbond substituents is 1. The number of nitrogens with zero attached hydrogens (tertiary/aromatic N) is 1. The van der Waals surface area contributed by atoms with Crippen molar-refractivity contribution in [3.63, 3.8) is 0 Å². The number of aromatic hydroxyl groups is 1. The van der Waals surface area contributed by atoms with Crippen molar-refractivity contribution in [1.29, 1.82) is 0 Å². The molecule has 0 saturated carbocycles. The summed E-state index contributed by atoms with van der Waals surface area (Å²) in [6, 6.07) is 11.6. The van der Waals surface area contributed by atoms with E-state index in [1.54, 1.807) is 26.4 Å². The largest absolute Gasteiger partial charge is 0.508 e. The summed E-state index contributed by atoms with van der Waals surface area (Å²) in [5.74, 6) is 1.66. The highest BCUT2D eigenvalue weighted by molar-refractivity contribution is 5.52. The number of benzene rings is 2. The van der Waals surface area contributed by atoms with Gasteiger partial charge in [-0.3, -0.25) is 0 Å². The normalized spacial score (nSPS) is 24.1. The maximum atomic E-state index is 15.6. The second kappa shape index (κ2) is 10.9. The monoisotopic (exact) mass is 483 g/mol. The van der Waals surface area contributed by atoms with Crippen LogP contribution in [0.25, 0.3) is 0 Å². The zero-order chi connectivity index (χ0) is 24.4. The molecule has 2 aromatic carbocycles. The molecule has 2 fully saturated rings. The fourth-order valence-electron chi connectivity index (χ4n) is 6.78. The van der Waals surface area contributed by atoms with Crippen molar-refractivity contribution in [2.24, 2.45) is 17.8 Å². The first kappa shape index (κ1) is 24.5. The third-order valence-corrected chi connectivity index (χ3v) is 8.57. The Hall–Kier alpha value is -2.15. The molecular weight excluding hydrogens is 445 g/mol. The predicted molar refractivity (Wildman–Crippen MR) is 134 cm³/mol. The minimum Gasteiger partial charge on any atom is -0.508 e. The molecule has 2 aliphatic heterocycles. The summed E-state index contributed by atoms with van der Waals surface area (Å²) < 4.78 is 32.2. The third kappa shape index (κ3) is 5.07. The van der Waals surface area contributed by atoms with E-state index < -0.39 is 0 Å². The van der Waals surface area contributed by atoms with Crippen LogP contribution < -0.4 is 4.90 Å². The Labute approximate surface area is 208 Å². The lowest BCUT2D eigenvalue weighted by atomic mass is 9.65. The van der Waals surface area contributed by atoms with E-state index in [4.69, 9.17) is 14.2 Å². The van der Waals surface area contributed by atoms with Gasteiger partial charge in [0.1, 0.15) is 11.6 Å². The molecule has 6 heteroatoms. The lowest BCUT2D eigenvalue weighted by molar-refractivity contribution is -0.141. The molecule has 35 heavy (non-hydrogen) atoms. The number of methoxy groups -OCH3 is 2. The quantitative estimate of drug-likeness (QED) is 0.551. The van der Waals surface area contributed by atoms with Crippen LogP contribution in [0.5, 0.6) is 5.75 Å². The van der Waals surface area contributed by atoms with Crippen LogP contribution in [-0.4, -0.2) is 51.9 Å². The Balaban J connectivity index is 1.40. The van der Waals surface area contributed by atoms with E-state index in [1.165, 1.54) is 11.1 Å². The van der Waals surface area contributed by atoms with Crippen molar-refractivity contribution in [2.45, 2.75) is 50.7 Å². The molecule has 1 N–H and O–H groups in total. The van der Waals surface area contributed by atoms with Crippen molar-refractivity contribution in [2.75, 3.05) is 45.4 Å². The highest BCUT2D eigenvalue weighted by atomic mass is 19.1. The Bertz CT molecular complexity index is 996. The number of aryl methyl sites for hydroxylation is 1. The summed E-state index contributed by atoms with van der Waals surface area (Å²) in [6.07, 6.45) is 5.78. The number of piperidine rings is 1. The molecule has 2 aromatic rings. The number of hydrogen-bond acceptors (Lipinski definition) is 5. The van der Waals surface area contributed by atoms with E-state index in [0.29, 0.717) is 29.2 Å². The van der Waals surface area contributed by atoms with Gasteiger partial charge in [0.2, 0.25) is 0 Å². The maximum Gasteiger partial charge on any atom is 0.159 e. The lowest BCUT2D eigenvalue weighted by Gasteiger charge is -2.41. The first-order valence-corrected chi connectivity index (χ1v) is 13.1. The molecule has 0 radical (unpaired) electrons. The van der Waals surface area contributed by atoms with E-state index >= 15 is 4.39 Å². The molecule has 190 valence electrons. The Morgan fingerprint density at radius 2 is 1.71 bits per heavy atom. The smallest absolute Gasteiger partial charge is 0.159 e. The van der Waals surface area contributed by atoms with E-state index in [2.05, 4.69) is 17.0 Å². The van der Waals surface area contributed by atoms with Crippen LogP contribution in [0.4, 0.5) is 10.1 Å². The van der Waals surface area contributed by atoms with Gasteiger partial charge >= 0.3 is 0 Å². The molecule has 0 aromatic heterocycles. The molecule has 0 bridgehead atoms. The van der Waals surface area contributed by atoms with Crippen molar-refractivity contribution in [3.8, 4) is 5.75 Å². The second-order valence-corrected chi connectivity index (χ2v) is 10.4. The minimum absolute atomic E-state index is 0.140. The zero-order valence-corrected chi connectivity index (χ0v) is 20.9. The van der Waals surface area contributed by atoms with Gasteiger partial charge < -0.3 is 24.2 Å². The number of phenols is 1. The van der Waals surface area contributed by atoms with Gasteiger partial charge in [-0.2, -0.15) is 0 Å². The van der Waals surface area contributed by atoms with E-state index in [0.717, 1.165) is 70.4 Å².